The first-order valence-electron chi connectivity index (χ1n) is 7.36. The summed E-state index contributed by atoms with van der Waals surface area (Å²) in [6, 6.07) is 3.77. The van der Waals surface area contributed by atoms with Gasteiger partial charge < -0.3 is 15.4 Å². The van der Waals surface area contributed by atoms with Gasteiger partial charge in [0.15, 0.2) is 0 Å². The second-order valence-corrected chi connectivity index (χ2v) is 4.99. The molecule has 1 aromatic rings. The number of hydrogen-bond donors (Lipinski definition) is 2. The minimum atomic E-state index is -0.389. The van der Waals surface area contributed by atoms with Crippen LogP contribution >= 0.6 is 0 Å². The summed E-state index contributed by atoms with van der Waals surface area (Å²) in [7, 11) is 0. The molecule has 114 valence electrons. The van der Waals surface area contributed by atoms with Gasteiger partial charge in [0.05, 0.1) is 6.61 Å². The first-order valence-corrected chi connectivity index (χ1v) is 7.36. The van der Waals surface area contributed by atoms with Gasteiger partial charge >= 0.3 is 5.97 Å². The molecule has 6 heteroatoms. The Hall–Kier alpha value is -2.11. The highest BCUT2D eigenvalue weighted by molar-refractivity contribution is 5.94. The molecule has 1 aliphatic carbocycles. The van der Waals surface area contributed by atoms with Gasteiger partial charge in [-0.1, -0.05) is 0 Å². The molecule has 6 nitrogen and oxygen atoms in total. The summed E-state index contributed by atoms with van der Waals surface area (Å²) < 4.78 is 4.98. The maximum absolute atomic E-state index is 11.8. The number of esters is 1. The number of ether oxygens (including phenoxy) is 1. The molecular weight excluding hydrogens is 270 g/mol. The molecule has 0 saturated heterocycles. The molecule has 0 aromatic carbocycles. The summed E-state index contributed by atoms with van der Waals surface area (Å²) in [5, 5.41) is 6.03. The van der Waals surface area contributed by atoms with Crippen LogP contribution in [-0.2, 0) is 9.53 Å². The molecule has 1 aromatic heterocycles. The van der Waals surface area contributed by atoms with Crippen LogP contribution in [0.15, 0.2) is 18.3 Å². The van der Waals surface area contributed by atoms with Gasteiger partial charge in [0.1, 0.15) is 11.4 Å². The number of carbonyl (C=O) groups excluding carboxylic acids is 2. The Kier molecular flexibility index (Phi) is 5.54. The molecule has 1 heterocycles. The summed E-state index contributed by atoms with van der Waals surface area (Å²) in [6.45, 7) is 2.68. The predicted octanol–water partition coefficient (Wildman–Crippen LogP) is 1.73. The third-order valence-corrected chi connectivity index (χ3v) is 3.12. The number of nitrogens with one attached hydrogen (secondary N) is 2. The summed E-state index contributed by atoms with van der Waals surface area (Å²) in [6.07, 6.45) is 4.98. The van der Waals surface area contributed by atoms with Crippen molar-refractivity contribution in [3.63, 3.8) is 0 Å². The van der Waals surface area contributed by atoms with E-state index in [0.717, 1.165) is 12.8 Å². The standard InChI is InChI=1S/C15H21N3O3/c1-2-21-15(20)12-5-3-9-16-14(12)17-10-4-6-13(19)18-11-7-8-11/h3,5,9,11H,2,4,6-8,10H2,1H3,(H,16,17)(H,18,19). The minimum absolute atomic E-state index is 0.0888. The third kappa shape index (κ3) is 5.06. The monoisotopic (exact) mass is 291 g/mol. The average Bonchev–Trinajstić information content (AvgIpc) is 3.28. The number of anilines is 1. The largest absolute Gasteiger partial charge is 0.462 e. The lowest BCUT2D eigenvalue weighted by atomic mass is 10.2. The molecule has 1 amide bonds. The van der Waals surface area contributed by atoms with E-state index < -0.39 is 0 Å². The molecule has 0 bridgehead atoms. The van der Waals surface area contributed by atoms with Crippen molar-refractivity contribution < 1.29 is 14.3 Å². The van der Waals surface area contributed by atoms with Crippen LogP contribution in [0.5, 0.6) is 0 Å². The smallest absolute Gasteiger partial charge is 0.341 e. The van der Waals surface area contributed by atoms with E-state index >= 15 is 0 Å². The highest BCUT2D eigenvalue weighted by Gasteiger charge is 2.22. The fourth-order valence-corrected chi connectivity index (χ4v) is 1.90. The third-order valence-electron chi connectivity index (χ3n) is 3.12. The zero-order valence-electron chi connectivity index (χ0n) is 12.2. The van der Waals surface area contributed by atoms with E-state index in [2.05, 4.69) is 15.6 Å². The Labute approximate surface area is 124 Å². The second kappa shape index (κ2) is 7.61. The van der Waals surface area contributed by atoms with Crippen molar-refractivity contribution in [3.05, 3.63) is 23.9 Å². The normalized spacial score (nSPS) is 13.6. The van der Waals surface area contributed by atoms with Crippen molar-refractivity contribution in [1.82, 2.24) is 10.3 Å². The number of aromatic nitrogens is 1. The first kappa shape index (κ1) is 15.3. The Morgan fingerprint density at radius 2 is 2.24 bits per heavy atom. The second-order valence-electron chi connectivity index (χ2n) is 4.99. The maximum atomic E-state index is 11.8. The van der Waals surface area contributed by atoms with Crippen molar-refractivity contribution in [2.45, 2.75) is 38.6 Å². The summed E-state index contributed by atoms with van der Waals surface area (Å²) in [5.41, 5.74) is 0.418. The van der Waals surface area contributed by atoms with Gasteiger partial charge in [0.2, 0.25) is 5.91 Å². The molecule has 21 heavy (non-hydrogen) atoms. The number of nitrogens with zero attached hydrogens (tertiary/aromatic N) is 1. The summed E-state index contributed by atoms with van der Waals surface area (Å²) in [4.78, 5) is 27.4. The molecular formula is C15H21N3O3. The SMILES string of the molecule is CCOC(=O)c1cccnc1NCCCC(=O)NC1CC1. The Morgan fingerprint density at radius 3 is 2.95 bits per heavy atom. The summed E-state index contributed by atoms with van der Waals surface area (Å²) >= 11 is 0. The fraction of sp³-hybridized carbons (Fsp3) is 0.533. The molecule has 0 unspecified atom stereocenters. The van der Waals surface area contributed by atoms with Gasteiger partial charge in [-0.3, -0.25) is 4.79 Å². The van der Waals surface area contributed by atoms with Crippen LogP contribution in [0.1, 0.15) is 43.0 Å². The van der Waals surface area contributed by atoms with Gasteiger partial charge in [-0.2, -0.15) is 0 Å². The zero-order valence-corrected chi connectivity index (χ0v) is 12.2. The van der Waals surface area contributed by atoms with E-state index in [1.165, 1.54) is 0 Å². The Morgan fingerprint density at radius 1 is 1.43 bits per heavy atom. The van der Waals surface area contributed by atoms with E-state index in [1.54, 1.807) is 25.3 Å². The van der Waals surface area contributed by atoms with Crippen LogP contribution in [0, 0.1) is 0 Å². The predicted molar refractivity (Wildman–Crippen MR) is 79.1 cm³/mol. The zero-order chi connectivity index (χ0) is 15.1. The molecule has 1 saturated carbocycles. The Balaban J connectivity index is 1.76. The molecule has 0 atom stereocenters. The fourth-order valence-electron chi connectivity index (χ4n) is 1.90. The van der Waals surface area contributed by atoms with Gasteiger partial charge in [0, 0.05) is 25.2 Å². The van der Waals surface area contributed by atoms with Crippen molar-refractivity contribution in [1.29, 1.82) is 0 Å². The van der Waals surface area contributed by atoms with Crippen LogP contribution in [0.4, 0.5) is 5.82 Å². The lowest BCUT2D eigenvalue weighted by molar-refractivity contribution is -0.121. The first-order chi connectivity index (χ1) is 10.2. The van der Waals surface area contributed by atoms with Crippen molar-refractivity contribution in [2.24, 2.45) is 0 Å². The minimum Gasteiger partial charge on any atom is -0.462 e. The van der Waals surface area contributed by atoms with E-state index in [1.807, 2.05) is 0 Å². The van der Waals surface area contributed by atoms with E-state index in [4.69, 9.17) is 4.74 Å². The average molecular weight is 291 g/mol. The molecule has 0 radical (unpaired) electrons. The van der Waals surface area contributed by atoms with E-state index in [-0.39, 0.29) is 11.9 Å². The van der Waals surface area contributed by atoms with Gasteiger partial charge in [-0.05, 0) is 38.3 Å². The van der Waals surface area contributed by atoms with Crippen LogP contribution in [0.25, 0.3) is 0 Å². The van der Waals surface area contributed by atoms with Crippen LogP contribution in [-0.4, -0.2) is 36.1 Å². The topological polar surface area (TPSA) is 80.3 Å². The van der Waals surface area contributed by atoms with Gasteiger partial charge in [-0.25, -0.2) is 9.78 Å². The van der Waals surface area contributed by atoms with Gasteiger partial charge in [0.25, 0.3) is 0 Å². The van der Waals surface area contributed by atoms with E-state index in [0.29, 0.717) is 43.4 Å². The van der Waals surface area contributed by atoms with Crippen molar-refractivity contribution >= 4 is 17.7 Å². The van der Waals surface area contributed by atoms with Crippen LogP contribution in [0.2, 0.25) is 0 Å². The molecule has 0 aliphatic heterocycles. The number of hydrogen-bond acceptors (Lipinski definition) is 5. The van der Waals surface area contributed by atoms with Crippen LogP contribution < -0.4 is 10.6 Å². The number of rotatable bonds is 8. The van der Waals surface area contributed by atoms with E-state index in [9.17, 15) is 9.59 Å². The van der Waals surface area contributed by atoms with Crippen molar-refractivity contribution in [3.8, 4) is 0 Å². The molecule has 2 rings (SSSR count). The summed E-state index contributed by atoms with van der Waals surface area (Å²) in [5.74, 6) is 0.198. The van der Waals surface area contributed by atoms with Crippen LogP contribution in [0.3, 0.4) is 0 Å². The number of carbonyl (C=O) groups is 2. The highest BCUT2D eigenvalue weighted by atomic mass is 16.5. The molecule has 1 aliphatic rings. The molecule has 2 N–H and O–H groups in total. The van der Waals surface area contributed by atoms with Gasteiger partial charge in [-0.15, -0.1) is 0 Å². The lowest BCUT2D eigenvalue weighted by Crippen LogP contribution is -2.25. The molecule has 0 spiro atoms. The molecule has 1 fully saturated rings. The maximum Gasteiger partial charge on any atom is 0.341 e. The lowest BCUT2D eigenvalue weighted by Gasteiger charge is -2.10. The number of pyridine rings is 1. The van der Waals surface area contributed by atoms with Crippen molar-refractivity contribution in [2.75, 3.05) is 18.5 Å². The quantitative estimate of drug-likeness (QED) is 0.563. The Bertz CT molecular complexity index is 501. The number of amides is 1. The highest BCUT2D eigenvalue weighted by Crippen LogP contribution is 2.18.